The topological polar surface area (TPSA) is 73.8 Å². The molecular weight excluding hydrogens is 548 g/mol. The Labute approximate surface area is 251 Å². The molecule has 1 heterocycles. The number of carbonyl (C=O) groups excluding carboxylic acids is 1. The number of likely N-dealkylation sites (tertiary alicyclic amines) is 1. The summed E-state index contributed by atoms with van der Waals surface area (Å²) in [5, 5.41) is 15.8. The van der Waals surface area contributed by atoms with Crippen molar-refractivity contribution in [2.24, 2.45) is 0 Å². The van der Waals surface area contributed by atoms with Crippen molar-refractivity contribution in [1.82, 2.24) is 10.2 Å². The van der Waals surface area contributed by atoms with E-state index in [0.717, 1.165) is 73.8 Å². The van der Waals surface area contributed by atoms with Crippen LogP contribution in [0.25, 0.3) is 11.1 Å². The Morgan fingerprint density at radius 3 is 2.30 bits per heavy atom. The summed E-state index contributed by atoms with van der Waals surface area (Å²) < 4.78 is 32.6. The van der Waals surface area contributed by atoms with Gasteiger partial charge >= 0.3 is 6.09 Å². The molecule has 0 aliphatic carbocycles. The number of halogens is 2. The fraction of sp³-hybridized carbons (Fsp3) is 0.286. The zero-order valence-electron chi connectivity index (χ0n) is 24.1. The number of phenolic OH excluding ortho intramolecular Hbond substituents is 1. The molecule has 1 saturated heterocycles. The lowest BCUT2D eigenvalue weighted by Gasteiger charge is -2.31. The molecule has 6 nitrogen and oxygen atoms in total. The number of piperidine rings is 1. The Kier molecular flexibility index (Phi) is 10.4. The molecule has 8 heteroatoms. The molecule has 4 aromatic carbocycles. The molecular formula is C35H37F2N3O3. The van der Waals surface area contributed by atoms with Gasteiger partial charge in [0.1, 0.15) is 11.9 Å². The predicted molar refractivity (Wildman–Crippen MR) is 165 cm³/mol. The number of hydrogen-bond acceptors (Lipinski definition) is 5. The summed E-state index contributed by atoms with van der Waals surface area (Å²) in [6.07, 6.45) is 2.79. The third-order valence-electron chi connectivity index (χ3n) is 7.81. The van der Waals surface area contributed by atoms with E-state index in [9.17, 15) is 18.7 Å². The number of para-hydroxylation sites is 1. The van der Waals surface area contributed by atoms with Crippen LogP contribution < -0.4 is 10.6 Å². The highest BCUT2D eigenvalue weighted by atomic mass is 19.1. The van der Waals surface area contributed by atoms with E-state index in [4.69, 9.17) is 4.74 Å². The summed E-state index contributed by atoms with van der Waals surface area (Å²) in [5.41, 5.74) is 5.35. The van der Waals surface area contributed by atoms with Crippen LogP contribution in [0, 0.1) is 11.6 Å². The summed E-state index contributed by atoms with van der Waals surface area (Å²) in [7, 11) is 0. The van der Waals surface area contributed by atoms with Crippen LogP contribution >= 0.6 is 0 Å². The van der Waals surface area contributed by atoms with E-state index >= 15 is 0 Å². The highest BCUT2D eigenvalue weighted by Gasteiger charge is 2.22. The van der Waals surface area contributed by atoms with E-state index < -0.39 is 23.5 Å². The van der Waals surface area contributed by atoms with Crippen molar-refractivity contribution in [3.8, 4) is 16.9 Å². The predicted octanol–water partition coefficient (Wildman–Crippen LogP) is 6.93. The first kappa shape index (κ1) is 30.2. The summed E-state index contributed by atoms with van der Waals surface area (Å²) in [4.78, 5) is 15.1. The van der Waals surface area contributed by atoms with Gasteiger partial charge in [-0.1, -0.05) is 72.8 Å². The third-order valence-corrected chi connectivity index (χ3v) is 7.81. The smallest absolute Gasteiger partial charge is 0.411 e. The van der Waals surface area contributed by atoms with Gasteiger partial charge in [0.15, 0.2) is 11.6 Å². The Morgan fingerprint density at radius 2 is 1.56 bits per heavy atom. The van der Waals surface area contributed by atoms with Gasteiger partial charge in [-0.2, -0.15) is 0 Å². The fourth-order valence-corrected chi connectivity index (χ4v) is 5.37. The van der Waals surface area contributed by atoms with Gasteiger partial charge in [0, 0.05) is 43.4 Å². The van der Waals surface area contributed by atoms with E-state index in [1.54, 1.807) is 0 Å². The average Bonchev–Trinajstić information content (AvgIpc) is 3.02. The SMILES string of the molecule is O=C(Nc1ccccc1-c1ccccc1)OC1CCN(CCc2ccc(CCNCc3cc(F)cc(F)c3O)cc2)CC1. The van der Waals surface area contributed by atoms with Gasteiger partial charge < -0.3 is 20.1 Å². The van der Waals surface area contributed by atoms with Gasteiger partial charge in [-0.25, -0.2) is 13.6 Å². The number of anilines is 1. The average molecular weight is 586 g/mol. The second-order valence-corrected chi connectivity index (χ2v) is 10.9. The normalized spacial score (nSPS) is 14.0. The van der Waals surface area contributed by atoms with Gasteiger partial charge in [0.2, 0.25) is 0 Å². The molecule has 224 valence electrons. The zero-order chi connectivity index (χ0) is 30.0. The van der Waals surface area contributed by atoms with Gasteiger partial charge in [-0.3, -0.25) is 5.32 Å². The van der Waals surface area contributed by atoms with Crippen LogP contribution in [0.15, 0.2) is 91.0 Å². The second kappa shape index (κ2) is 14.8. The molecule has 3 N–H and O–H groups in total. The molecule has 43 heavy (non-hydrogen) atoms. The summed E-state index contributed by atoms with van der Waals surface area (Å²) in [6, 6.07) is 28.0. The molecule has 1 aliphatic heterocycles. The molecule has 4 aromatic rings. The van der Waals surface area contributed by atoms with Gasteiger partial charge in [0.25, 0.3) is 0 Å². The van der Waals surface area contributed by atoms with Gasteiger partial charge in [-0.15, -0.1) is 0 Å². The van der Waals surface area contributed by atoms with Crippen LogP contribution in [0.1, 0.15) is 29.5 Å². The maximum atomic E-state index is 13.5. The number of nitrogens with one attached hydrogen (secondary N) is 2. The third kappa shape index (κ3) is 8.63. The number of nitrogens with zero attached hydrogens (tertiary/aromatic N) is 1. The number of benzene rings is 4. The molecule has 0 bridgehead atoms. The number of amides is 1. The fourth-order valence-electron chi connectivity index (χ4n) is 5.37. The summed E-state index contributed by atoms with van der Waals surface area (Å²) >= 11 is 0. The number of rotatable bonds is 11. The van der Waals surface area contributed by atoms with Gasteiger partial charge in [0.05, 0.1) is 5.69 Å². The maximum Gasteiger partial charge on any atom is 0.411 e. The lowest BCUT2D eigenvalue weighted by atomic mass is 10.0. The van der Waals surface area contributed by atoms with Crippen molar-refractivity contribution in [2.75, 3.05) is 31.5 Å². The first-order valence-corrected chi connectivity index (χ1v) is 14.7. The van der Waals surface area contributed by atoms with E-state index in [0.29, 0.717) is 12.6 Å². The Morgan fingerprint density at radius 1 is 0.884 bits per heavy atom. The molecule has 0 aromatic heterocycles. The van der Waals surface area contributed by atoms with Crippen LogP contribution in [-0.4, -0.2) is 48.4 Å². The Balaban J connectivity index is 0.995. The lowest BCUT2D eigenvalue weighted by Crippen LogP contribution is -2.39. The number of hydrogen-bond donors (Lipinski definition) is 3. The van der Waals surface area contributed by atoms with Crippen molar-refractivity contribution in [3.63, 3.8) is 0 Å². The van der Waals surface area contributed by atoms with Crippen molar-refractivity contribution in [1.29, 1.82) is 0 Å². The standard InChI is InChI=1S/C35H37F2N3O3/c36-29-22-28(34(41)32(37)23-29)24-38-18-14-25-10-12-26(13-11-25)15-19-40-20-16-30(17-21-40)43-35(42)39-33-9-5-4-8-31(33)27-6-2-1-3-7-27/h1-13,22-23,30,38,41H,14-21,24H2,(H,39,42). The van der Waals surface area contributed by atoms with E-state index in [1.807, 2.05) is 54.6 Å². The Hall–Kier alpha value is -4.27. The Bertz CT molecular complexity index is 1490. The maximum absolute atomic E-state index is 13.5. The largest absolute Gasteiger partial charge is 0.505 e. The van der Waals surface area contributed by atoms with Gasteiger partial charge in [-0.05, 0) is 61.1 Å². The number of ether oxygens (including phenoxy) is 1. The second-order valence-electron chi connectivity index (χ2n) is 10.9. The van der Waals surface area contributed by atoms with Crippen molar-refractivity contribution in [2.45, 2.75) is 38.3 Å². The molecule has 5 rings (SSSR count). The molecule has 0 unspecified atom stereocenters. The van der Waals surface area contributed by atoms with Crippen LogP contribution in [0.2, 0.25) is 0 Å². The first-order chi connectivity index (χ1) is 20.9. The monoisotopic (exact) mass is 585 g/mol. The van der Waals surface area contributed by atoms with E-state index in [2.05, 4.69) is 39.8 Å². The molecule has 0 saturated carbocycles. The van der Waals surface area contributed by atoms with Crippen LogP contribution in [-0.2, 0) is 24.1 Å². The van der Waals surface area contributed by atoms with Crippen LogP contribution in [0.3, 0.4) is 0 Å². The number of aromatic hydroxyl groups is 1. The molecule has 1 amide bonds. The molecule has 0 atom stereocenters. The quantitative estimate of drug-likeness (QED) is 0.167. The zero-order valence-corrected chi connectivity index (χ0v) is 24.1. The van der Waals surface area contributed by atoms with E-state index in [-0.39, 0.29) is 18.2 Å². The molecule has 0 radical (unpaired) electrons. The van der Waals surface area contributed by atoms with Crippen LogP contribution in [0.5, 0.6) is 5.75 Å². The summed E-state index contributed by atoms with van der Waals surface area (Å²) in [6.45, 7) is 3.51. The highest BCUT2D eigenvalue weighted by molar-refractivity contribution is 5.91. The number of phenols is 1. The highest BCUT2D eigenvalue weighted by Crippen LogP contribution is 2.28. The minimum absolute atomic E-state index is 0.100. The number of carbonyl (C=O) groups is 1. The first-order valence-electron chi connectivity index (χ1n) is 14.7. The molecule has 0 spiro atoms. The van der Waals surface area contributed by atoms with Crippen molar-refractivity contribution < 1.29 is 23.4 Å². The van der Waals surface area contributed by atoms with Crippen molar-refractivity contribution in [3.05, 3.63) is 119 Å². The lowest BCUT2D eigenvalue weighted by molar-refractivity contribution is 0.0593. The summed E-state index contributed by atoms with van der Waals surface area (Å²) in [5.74, 6) is -2.17. The minimum atomic E-state index is -0.950. The van der Waals surface area contributed by atoms with Crippen molar-refractivity contribution >= 4 is 11.8 Å². The van der Waals surface area contributed by atoms with E-state index in [1.165, 1.54) is 5.56 Å². The molecule has 1 fully saturated rings. The van der Waals surface area contributed by atoms with Crippen LogP contribution in [0.4, 0.5) is 19.3 Å². The minimum Gasteiger partial charge on any atom is -0.505 e. The molecule has 1 aliphatic rings.